The zero-order chi connectivity index (χ0) is 10.6. The van der Waals surface area contributed by atoms with Gasteiger partial charge < -0.3 is 5.32 Å². The fourth-order valence-electron chi connectivity index (χ4n) is 1.26. The van der Waals surface area contributed by atoms with Crippen LogP contribution in [-0.2, 0) is 6.54 Å². The molecule has 3 heteroatoms. The fraction of sp³-hybridized carbons (Fsp3) is 0.455. The molecule has 1 aromatic carbocycles. The van der Waals surface area contributed by atoms with Crippen molar-refractivity contribution < 1.29 is 4.39 Å². The molecule has 0 saturated heterocycles. The van der Waals surface area contributed by atoms with Crippen LogP contribution in [0.3, 0.4) is 0 Å². The van der Waals surface area contributed by atoms with Gasteiger partial charge in [-0.2, -0.15) is 0 Å². The first-order valence-corrected chi connectivity index (χ1v) is 5.13. The second-order valence-corrected chi connectivity index (χ2v) is 4.23. The number of hydrogen-bond donors (Lipinski definition) is 1. The number of nitrogens with one attached hydrogen (secondary N) is 1. The Balaban J connectivity index is 2.51. The number of benzene rings is 1. The van der Waals surface area contributed by atoms with Crippen molar-refractivity contribution in [1.29, 1.82) is 0 Å². The van der Waals surface area contributed by atoms with E-state index >= 15 is 0 Å². The Morgan fingerprint density at radius 2 is 2.21 bits per heavy atom. The zero-order valence-corrected chi connectivity index (χ0v) is 9.24. The molecule has 0 aromatic heterocycles. The van der Waals surface area contributed by atoms with Crippen molar-refractivity contribution in [2.45, 2.75) is 25.8 Å². The molecule has 0 heterocycles. The van der Waals surface area contributed by atoms with E-state index in [2.05, 4.69) is 5.32 Å². The summed E-state index contributed by atoms with van der Waals surface area (Å²) in [4.78, 5) is 0. The van der Waals surface area contributed by atoms with Gasteiger partial charge in [0.05, 0.1) is 0 Å². The second-order valence-electron chi connectivity index (χ2n) is 3.48. The molecule has 1 N–H and O–H groups in total. The van der Waals surface area contributed by atoms with Crippen LogP contribution in [0.1, 0.15) is 18.1 Å². The van der Waals surface area contributed by atoms with Gasteiger partial charge >= 0.3 is 0 Å². The van der Waals surface area contributed by atoms with Crippen LogP contribution < -0.4 is 5.32 Å². The summed E-state index contributed by atoms with van der Waals surface area (Å²) in [6, 6.07) is 4.83. The molecule has 0 aliphatic rings. The molecule has 78 valence electrons. The van der Waals surface area contributed by atoms with E-state index in [-0.39, 0.29) is 11.2 Å². The zero-order valence-electron chi connectivity index (χ0n) is 8.48. The number of alkyl halides is 1. The normalized spacial score (nSPS) is 12.9. The third-order valence-electron chi connectivity index (χ3n) is 2.05. The fourth-order valence-corrected chi connectivity index (χ4v) is 1.37. The van der Waals surface area contributed by atoms with Crippen molar-refractivity contribution in [2.24, 2.45) is 0 Å². The minimum Gasteiger partial charge on any atom is -0.311 e. The lowest BCUT2D eigenvalue weighted by Gasteiger charge is -2.08. The Morgan fingerprint density at radius 3 is 2.79 bits per heavy atom. The summed E-state index contributed by atoms with van der Waals surface area (Å²) >= 11 is 5.79. The maximum absolute atomic E-state index is 12.8. The van der Waals surface area contributed by atoms with Crippen molar-refractivity contribution in [3.8, 4) is 0 Å². The van der Waals surface area contributed by atoms with Crippen molar-refractivity contribution in [2.75, 3.05) is 6.54 Å². The molecule has 1 nitrogen and oxygen atoms in total. The lowest BCUT2D eigenvalue weighted by Crippen LogP contribution is -2.21. The molecule has 1 atom stereocenters. The van der Waals surface area contributed by atoms with Crippen LogP contribution in [0.25, 0.3) is 0 Å². The Hall–Kier alpha value is -0.600. The summed E-state index contributed by atoms with van der Waals surface area (Å²) in [6.07, 6.45) is 0. The SMILES string of the molecule is Cc1cc(F)ccc1CNCC(C)Cl. The quantitative estimate of drug-likeness (QED) is 0.762. The van der Waals surface area contributed by atoms with Gasteiger partial charge in [-0.25, -0.2) is 4.39 Å². The number of hydrogen-bond acceptors (Lipinski definition) is 1. The summed E-state index contributed by atoms with van der Waals surface area (Å²) in [7, 11) is 0. The topological polar surface area (TPSA) is 12.0 Å². The molecule has 0 saturated carbocycles. The highest BCUT2D eigenvalue weighted by atomic mass is 35.5. The lowest BCUT2D eigenvalue weighted by molar-refractivity contribution is 0.622. The van der Waals surface area contributed by atoms with Gasteiger partial charge in [0.1, 0.15) is 5.82 Å². The van der Waals surface area contributed by atoms with Gasteiger partial charge in [-0.15, -0.1) is 11.6 Å². The Labute approximate surface area is 89.3 Å². The average Bonchev–Trinajstić information content (AvgIpc) is 2.08. The van der Waals surface area contributed by atoms with Gasteiger partial charge in [0.25, 0.3) is 0 Å². The van der Waals surface area contributed by atoms with E-state index in [4.69, 9.17) is 11.6 Å². The number of aryl methyl sites for hydroxylation is 1. The van der Waals surface area contributed by atoms with Crippen molar-refractivity contribution in [3.63, 3.8) is 0 Å². The average molecular weight is 216 g/mol. The standard InChI is InChI=1S/C11H15ClFN/c1-8-5-11(13)4-3-10(8)7-14-6-9(2)12/h3-5,9,14H,6-7H2,1-2H3. The highest BCUT2D eigenvalue weighted by Gasteiger charge is 2.00. The smallest absolute Gasteiger partial charge is 0.123 e. The summed E-state index contributed by atoms with van der Waals surface area (Å²) in [5.74, 6) is -0.183. The van der Waals surface area contributed by atoms with Crippen LogP contribution in [0.15, 0.2) is 18.2 Å². The van der Waals surface area contributed by atoms with Crippen LogP contribution in [0.5, 0.6) is 0 Å². The maximum Gasteiger partial charge on any atom is 0.123 e. The molecule has 0 fully saturated rings. The van der Waals surface area contributed by atoms with Gasteiger partial charge in [0.2, 0.25) is 0 Å². The number of rotatable bonds is 4. The van der Waals surface area contributed by atoms with Gasteiger partial charge in [0.15, 0.2) is 0 Å². The maximum atomic E-state index is 12.8. The Morgan fingerprint density at radius 1 is 1.50 bits per heavy atom. The molecule has 0 spiro atoms. The van der Waals surface area contributed by atoms with E-state index in [1.807, 2.05) is 13.8 Å². The van der Waals surface area contributed by atoms with Crippen LogP contribution in [0.4, 0.5) is 4.39 Å². The first-order chi connectivity index (χ1) is 6.59. The number of halogens is 2. The van der Waals surface area contributed by atoms with Crippen LogP contribution >= 0.6 is 11.6 Å². The first-order valence-electron chi connectivity index (χ1n) is 4.69. The molecule has 0 bridgehead atoms. The monoisotopic (exact) mass is 215 g/mol. The molecule has 0 radical (unpaired) electrons. The molecule has 14 heavy (non-hydrogen) atoms. The van der Waals surface area contributed by atoms with Crippen molar-refractivity contribution in [3.05, 3.63) is 35.1 Å². The largest absolute Gasteiger partial charge is 0.311 e. The molecule has 0 aliphatic heterocycles. The van der Waals surface area contributed by atoms with E-state index in [0.717, 1.165) is 24.2 Å². The molecule has 1 aromatic rings. The Kier molecular flexibility index (Phi) is 4.36. The minimum atomic E-state index is -0.183. The third-order valence-corrected chi connectivity index (χ3v) is 2.20. The van der Waals surface area contributed by atoms with Crippen molar-refractivity contribution in [1.82, 2.24) is 5.32 Å². The van der Waals surface area contributed by atoms with Crippen molar-refractivity contribution >= 4 is 11.6 Å². The molecule has 1 rings (SSSR count). The van der Waals surface area contributed by atoms with Crippen LogP contribution in [0, 0.1) is 12.7 Å². The van der Waals surface area contributed by atoms with Gasteiger partial charge in [0, 0.05) is 18.5 Å². The van der Waals surface area contributed by atoms with E-state index in [9.17, 15) is 4.39 Å². The molecular formula is C11H15ClFN. The predicted octanol–water partition coefficient (Wildman–Crippen LogP) is 2.85. The summed E-state index contributed by atoms with van der Waals surface area (Å²) in [5, 5.41) is 3.33. The summed E-state index contributed by atoms with van der Waals surface area (Å²) in [6.45, 7) is 5.35. The van der Waals surface area contributed by atoms with Crippen LogP contribution in [0.2, 0.25) is 0 Å². The van der Waals surface area contributed by atoms with E-state index in [1.54, 1.807) is 12.1 Å². The molecule has 0 aliphatic carbocycles. The third kappa shape index (κ3) is 3.64. The lowest BCUT2D eigenvalue weighted by atomic mass is 10.1. The highest BCUT2D eigenvalue weighted by molar-refractivity contribution is 6.20. The summed E-state index contributed by atoms with van der Waals surface area (Å²) in [5.41, 5.74) is 2.09. The predicted molar refractivity (Wildman–Crippen MR) is 58.2 cm³/mol. The first kappa shape index (κ1) is 11.5. The molecular weight excluding hydrogens is 201 g/mol. The van der Waals surface area contributed by atoms with E-state index in [0.29, 0.717) is 0 Å². The van der Waals surface area contributed by atoms with Gasteiger partial charge in [-0.3, -0.25) is 0 Å². The van der Waals surface area contributed by atoms with E-state index < -0.39 is 0 Å². The Bertz CT molecular complexity index is 299. The summed E-state index contributed by atoms with van der Waals surface area (Å²) < 4.78 is 12.8. The highest BCUT2D eigenvalue weighted by Crippen LogP contribution is 2.09. The minimum absolute atomic E-state index is 0.121. The molecule has 1 unspecified atom stereocenters. The van der Waals surface area contributed by atoms with E-state index in [1.165, 1.54) is 6.07 Å². The second kappa shape index (κ2) is 5.32. The molecule has 0 amide bonds. The van der Waals surface area contributed by atoms with Gasteiger partial charge in [-0.05, 0) is 37.1 Å². The van der Waals surface area contributed by atoms with Crippen LogP contribution in [-0.4, -0.2) is 11.9 Å². The van der Waals surface area contributed by atoms with Gasteiger partial charge in [-0.1, -0.05) is 6.07 Å².